The third-order valence-corrected chi connectivity index (χ3v) is 3.97. The molecule has 0 bridgehead atoms. The van der Waals surface area contributed by atoms with Crippen LogP contribution < -0.4 is 16.6 Å². The van der Waals surface area contributed by atoms with E-state index in [-0.39, 0.29) is 30.5 Å². The minimum absolute atomic E-state index is 0.0481. The zero-order chi connectivity index (χ0) is 15.5. The summed E-state index contributed by atoms with van der Waals surface area (Å²) in [6.07, 6.45) is 2.44. The maximum Gasteiger partial charge on any atom is 0.277 e. The average Bonchev–Trinajstić information content (AvgIpc) is 3.37. The summed E-state index contributed by atoms with van der Waals surface area (Å²) in [4.78, 5) is 24.2. The summed E-state index contributed by atoms with van der Waals surface area (Å²) in [6.45, 7) is 0.663. The van der Waals surface area contributed by atoms with Gasteiger partial charge in [-0.3, -0.25) is 9.59 Å². The number of hydrogen-bond acceptors (Lipinski definition) is 5. The van der Waals surface area contributed by atoms with Crippen LogP contribution in [-0.4, -0.2) is 33.5 Å². The van der Waals surface area contributed by atoms with Gasteiger partial charge in [0.25, 0.3) is 5.56 Å². The van der Waals surface area contributed by atoms with E-state index in [9.17, 15) is 9.59 Å². The molecule has 0 saturated heterocycles. The van der Waals surface area contributed by atoms with Crippen molar-refractivity contribution in [2.45, 2.75) is 31.8 Å². The van der Waals surface area contributed by atoms with Crippen LogP contribution in [0.25, 0.3) is 10.9 Å². The molecule has 3 N–H and O–H groups in total. The zero-order valence-electron chi connectivity index (χ0n) is 12.2. The fourth-order valence-corrected chi connectivity index (χ4v) is 2.52. The van der Waals surface area contributed by atoms with Gasteiger partial charge in [-0.1, -0.05) is 17.3 Å². The zero-order valence-corrected chi connectivity index (χ0v) is 12.2. The molecular formula is C15H19N5O2. The van der Waals surface area contributed by atoms with Crippen molar-refractivity contribution in [3.63, 3.8) is 0 Å². The largest absolute Gasteiger partial charge is 0.352 e. The second-order valence-corrected chi connectivity index (χ2v) is 5.63. The summed E-state index contributed by atoms with van der Waals surface area (Å²) < 4.78 is 1.23. The molecule has 0 spiro atoms. The van der Waals surface area contributed by atoms with Gasteiger partial charge in [0.15, 0.2) is 0 Å². The second kappa shape index (κ2) is 6.23. The van der Waals surface area contributed by atoms with Crippen molar-refractivity contribution in [2.24, 2.45) is 11.7 Å². The highest BCUT2D eigenvalue weighted by Gasteiger charge is 2.31. The van der Waals surface area contributed by atoms with E-state index in [2.05, 4.69) is 15.6 Å². The van der Waals surface area contributed by atoms with E-state index in [0.29, 0.717) is 23.4 Å². The van der Waals surface area contributed by atoms with E-state index in [1.165, 1.54) is 4.68 Å². The Hall–Kier alpha value is -2.28. The van der Waals surface area contributed by atoms with Crippen molar-refractivity contribution in [2.75, 3.05) is 6.54 Å². The highest BCUT2D eigenvalue weighted by molar-refractivity contribution is 5.77. The number of fused-ring (bicyclic) bond motifs is 1. The highest BCUT2D eigenvalue weighted by Crippen LogP contribution is 2.32. The van der Waals surface area contributed by atoms with E-state index in [4.69, 9.17) is 5.73 Å². The van der Waals surface area contributed by atoms with Crippen LogP contribution in [0.2, 0.25) is 0 Å². The number of hydrogen-bond donors (Lipinski definition) is 2. The van der Waals surface area contributed by atoms with Gasteiger partial charge in [0.05, 0.1) is 11.9 Å². The molecule has 1 fully saturated rings. The van der Waals surface area contributed by atoms with E-state index >= 15 is 0 Å². The van der Waals surface area contributed by atoms with Crippen molar-refractivity contribution in [1.29, 1.82) is 0 Å². The fourth-order valence-electron chi connectivity index (χ4n) is 2.52. The predicted molar refractivity (Wildman–Crippen MR) is 82.1 cm³/mol. The molecular weight excluding hydrogens is 282 g/mol. The normalized spacial score (nSPS) is 15.7. The number of nitrogens with one attached hydrogen (secondary N) is 1. The number of aryl methyl sites for hydroxylation is 1. The van der Waals surface area contributed by atoms with Crippen LogP contribution in [0.1, 0.15) is 19.3 Å². The minimum Gasteiger partial charge on any atom is -0.352 e. The van der Waals surface area contributed by atoms with Crippen molar-refractivity contribution in [1.82, 2.24) is 20.3 Å². The van der Waals surface area contributed by atoms with Crippen molar-refractivity contribution in [3.8, 4) is 0 Å². The first kappa shape index (κ1) is 14.6. The van der Waals surface area contributed by atoms with Gasteiger partial charge >= 0.3 is 0 Å². The number of aromatic nitrogens is 3. The molecule has 1 aliphatic rings. The number of nitrogens with two attached hydrogens (primary N) is 1. The molecule has 3 rings (SSSR count). The highest BCUT2D eigenvalue weighted by atomic mass is 16.2. The number of rotatable bonds is 6. The van der Waals surface area contributed by atoms with Crippen molar-refractivity contribution < 1.29 is 4.79 Å². The first-order valence-electron chi connectivity index (χ1n) is 7.51. The molecule has 1 unspecified atom stereocenters. The van der Waals surface area contributed by atoms with E-state index in [1.807, 2.05) is 0 Å². The minimum atomic E-state index is -0.226. The quantitative estimate of drug-likeness (QED) is 0.784. The number of amides is 1. The molecule has 1 aliphatic carbocycles. The maximum atomic E-state index is 12.2. The molecule has 2 aromatic rings. The summed E-state index contributed by atoms with van der Waals surface area (Å²) >= 11 is 0. The summed E-state index contributed by atoms with van der Waals surface area (Å²) in [7, 11) is 0. The summed E-state index contributed by atoms with van der Waals surface area (Å²) in [5.41, 5.74) is 6.00. The lowest BCUT2D eigenvalue weighted by atomic mass is 10.2. The van der Waals surface area contributed by atoms with Crippen LogP contribution in [0.3, 0.4) is 0 Å². The Bertz CT molecular complexity index is 738. The third kappa shape index (κ3) is 3.14. The Balaban J connectivity index is 1.65. The van der Waals surface area contributed by atoms with Crippen LogP contribution in [0, 0.1) is 5.92 Å². The molecule has 1 aromatic carbocycles. The van der Waals surface area contributed by atoms with E-state index < -0.39 is 0 Å². The van der Waals surface area contributed by atoms with Crippen molar-refractivity contribution >= 4 is 16.8 Å². The van der Waals surface area contributed by atoms with Gasteiger partial charge in [0, 0.05) is 19.0 Å². The Morgan fingerprint density at radius 1 is 1.41 bits per heavy atom. The molecule has 1 atom stereocenters. The molecule has 7 heteroatoms. The molecule has 1 amide bonds. The van der Waals surface area contributed by atoms with Crippen LogP contribution >= 0.6 is 0 Å². The van der Waals surface area contributed by atoms with Gasteiger partial charge < -0.3 is 11.1 Å². The van der Waals surface area contributed by atoms with Gasteiger partial charge in [-0.05, 0) is 30.9 Å². The van der Waals surface area contributed by atoms with Gasteiger partial charge in [-0.15, -0.1) is 5.10 Å². The van der Waals surface area contributed by atoms with Crippen molar-refractivity contribution in [3.05, 3.63) is 34.6 Å². The predicted octanol–water partition coefficient (Wildman–Crippen LogP) is 0.0351. The topological polar surface area (TPSA) is 103 Å². The standard InChI is InChI=1S/C15H19N5O2/c16-9-13(10-5-6-10)17-14(21)7-8-20-15(22)11-3-1-2-4-12(11)18-19-20/h1-4,10,13H,5-9,16H2,(H,17,21). The van der Waals surface area contributed by atoms with Crippen LogP contribution in [0.5, 0.6) is 0 Å². The van der Waals surface area contributed by atoms with E-state index in [1.54, 1.807) is 24.3 Å². The molecule has 1 saturated carbocycles. The molecule has 116 valence electrons. The smallest absolute Gasteiger partial charge is 0.277 e. The lowest BCUT2D eigenvalue weighted by molar-refractivity contribution is -0.122. The van der Waals surface area contributed by atoms with Gasteiger partial charge in [-0.25, -0.2) is 4.68 Å². The van der Waals surface area contributed by atoms with Crippen LogP contribution in [-0.2, 0) is 11.3 Å². The number of carbonyl (C=O) groups is 1. The summed E-state index contributed by atoms with van der Waals surface area (Å²) in [5.74, 6) is 0.404. The molecule has 0 aliphatic heterocycles. The lowest BCUT2D eigenvalue weighted by Gasteiger charge is -2.15. The monoisotopic (exact) mass is 301 g/mol. The Morgan fingerprint density at radius 2 is 2.18 bits per heavy atom. The lowest BCUT2D eigenvalue weighted by Crippen LogP contribution is -2.42. The number of carbonyl (C=O) groups excluding carboxylic acids is 1. The second-order valence-electron chi connectivity index (χ2n) is 5.63. The summed E-state index contributed by atoms with van der Waals surface area (Å²) in [5, 5.41) is 11.3. The average molecular weight is 301 g/mol. The SMILES string of the molecule is NCC(NC(=O)CCn1nnc2ccccc2c1=O)C1CC1. The van der Waals surface area contributed by atoms with Crippen LogP contribution in [0.4, 0.5) is 0 Å². The maximum absolute atomic E-state index is 12.2. The number of benzene rings is 1. The molecule has 7 nitrogen and oxygen atoms in total. The molecule has 1 heterocycles. The van der Waals surface area contributed by atoms with Gasteiger partial charge in [0.2, 0.25) is 5.91 Å². The van der Waals surface area contributed by atoms with E-state index in [0.717, 1.165) is 12.8 Å². The summed E-state index contributed by atoms with van der Waals surface area (Å²) in [6, 6.07) is 7.08. The first-order valence-corrected chi connectivity index (χ1v) is 7.51. The van der Waals surface area contributed by atoms with Gasteiger partial charge in [-0.2, -0.15) is 0 Å². The Kier molecular flexibility index (Phi) is 4.15. The molecule has 1 aromatic heterocycles. The van der Waals surface area contributed by atoms with Gasteiger partial charge in [0.1, 0.15) is 5.52 Å². The Morgan fingerprint density at radius 3 is 2.91 bits per heavy atom. The van der Waals surface area contributed by atoms with Crippen LogP contribution in [0.15, 0.2) is 29.1 Å². The molecule has 0 radical (unpaired) electrons. The number of nitrogens with zero attached hydrogens (tertiary/aromatic N) is 3. The Labute approximate surface area is 127 Å². The third-order valence-electron chi connectivity index (χ3n) is 3.97. The fraction of sp³-hybridized carbons (Fsp3) is 0.467. The first-order chi connectivity index (χ1) is 10.7. The molecule has 22 heavy (non-hydrogen) atoms.